The number of rotatable bonds is 2. The highest BCUT2D eigenvalue weighted by Crippen LogP contribution is 2.24. The highest BCUT2D eigenvalue weighted by atomic mass is 79.9. The van der Waals surface area contributed by atoms with Crippen LogP contribution < -0.4 is 0 Å². The summed E-state index contributed by atoms with van der Waals surface area (Å²) in [7, 11) is 0. The molecule has 0 saturated carbocycles. The van der Waals surface area contributed by atoms with Gasteiger partial charge in [-0.15, -0.1) is 11.6 Å². The second kappa shape index (κ2) is 4.58. The van der Waals surface area contributed by atoms with E-state index in [4.69, 9.17) is 11.6 Å². The Kier molecular flexibility index (Phi) is 3.46. The predicted octanol–water partition coefficient (Wildman–Crippen LogP) is 3.98. The van der Waals surface area contributed by atoms with E-state index in [1.807, 2.05) is 6.07 Å². The van der Waals surface area contributed by atoms with Crippen LogP contribution in [-0.4, -0.2) is 14.5 Å². The number of hydrogen-bond donors (Lipinski definition) is 0. The fourth-order valence-corrected chi connectivity index (χ4v) is 2.30. The summed E-state index contributed by atoms with van der Waals surface area (Å²) in [6, 6.07) is 1.97. The Labute approximate surface area is 114 Å². The Morgan fingerprint density at radius 1 is 1.41 bits per heavy atom. The number of alkyl halides is 1. The maximum atomic E-state index is 5.95. The Bertz CT molecular complexity index is 542. The van der Waals surface area contributed by atoms with Gasteiger partial charge in [0, 0.05) is 17.2 Å². The molecule has 0 saturated heterocycles. The maximum absolute atomic E-state index is 5.95. The fourth-order valence-electron chi connectivity index (χ4n) is 1.78. The molecule has 2 aromatic rings. The number of imidazole rings is 1. The number of fused-ring (bicyclic) bond motifs is 1. The van der Waals surface area contributed by atoms with Crippen molar-refractivity contribution >= 4 is 38.7 Å². The minimum Gasteiger partial charge on any atom is -0.311 e. The highest BCUT2D eigenvalue weighted by molar-refractivity contribution is 9.10. The molecule has 0 radical (unpaired) electrons. The van der Waals surface area contributed by atoms with Crippen molar-refractivity contribution in [3.05, 3.63) is 22.6 Å². The number of halogens is 2. The quantitative estimate of drug-likeness (QED) is 0.785. The van der Waals surface area contributed by atoms with Gasteiger partial charge in [0.15, 0.2) is 5.65 Å². The van der Waals surface area contributed by atoms with E-state index in [0.29, 0.717) is 5.88 Å². The predicted molar refractivity (Wildman–Crippen MR) is 74.2 cm³/mol. The summed E-state index contributed by atoms with van der Waals surface area (Å²) in [4.78, 5) is 8.94. The summed E-state index contributed by atoms with van der Waals surface area (Å²) in [5, 5.41) is 0. The molecular formula is C12H15BrClN3. The summed E-state index contributed by atoms with van der Waals surface area (Å²) in [6.07, 6.45) is 1.79. The van der Waals surface area contributed by atoms with Gasteiger partial charge in [0.25, 0.3) is 0 Å². The van der Waals surface area contributed by atoms with Crippen LogP contribution in [0.4, 0.5) is 0 Å². The van der Waals surface area contributed by atoms with Gasteiger partial charge in [-0.3, -0.25) is 0 Å². The van der Waals surface area contributed by atoms with Crippen LogP contribution in [0.3, 0.4) is 0 Å². The molecule has 0 amide bonds. The van der Waals surface area contributed by atoms with Crippen molar-refractivity contribution in [2.45, 2.75) is 33.2 Å². The molecule has 0 aliphatic rings. The molecule has 92 valence electrons. The molecule has 2 aromatic heterocycles. The first kappa shape index (κ1) is 12.8. The molecule has 0 aromatic carbocycles. The summed E-state index contributed by atoms with van der Waals surface area (Å²) in [6.45, 7) is 7.43. The van der Waals surface area contributed by atoms with E-state index in [2.05, 4.69) is 51.2 Å². The van der Waals surface area contributed by atoms with Crippen LogP contribution in [0.2, 0.25) is 0 Å². The first-order chi connectivity index (χ1) is 7.90. The van der Waals surface area contributed by atoms with E-state index in [-0.39, 0.29) is 5.41 Å². The molecule has 17 heavy (non-hydrogen) atoms. The molecule has 0 spiro atoms. The molecule has 0 aliphatic carbocycles. The molecule has 0 N–H and O–H groups in total. The van der Waals surface area contributed by atoms with Gasteiger partial charge in [0.1, 0.15) is 11.3 Å². The lowest BCUT2D eigenvalue weighted by molar-refractivity contribution is 0.343. The van der Waals surface area contributed by atoms with Gasteiger partial charge in [-0.2, -0.15) is 0 Å². The van der Waals surface area contributed by atoms with Crippen LogP contribution in [-0.2, 0) is 12.4 Å². The lowest BCUT2D eigenvalue weighted by atomic mass is 9.97. The van der Waals surface area contributed by atoms with E-state index in [0.717, 1.165) is 28.0 Å². The molecular weight excluding hydrogens is 302 g/mol. The van der Waals surface area contributed by atoms with Gasteiger partial charge in [-0.05, 0) is 27.4 Å². The lowest BCUT2D eigenvalue weighted by Crippen LogP contribution is -2.17. The first-order valence-electron chi connectivity index (χ1n) is 5.47. The molecule has 2 rings (SSSR count). The molecule has 0 unspecified atom stereocenters. The van der Waals surface area contributed by atoms with Crippen molar-refractivity contribution in [3.63, 3.8) is 0 Å². The largest absolute Gasteiger partial charge is 0.311 e. The van der Waals surface area contributed by atoms with Gasteiger partial charge in [-0.1, -0.05) is 20.8 Å². The highest BCUT2D eigenvalue weighted by Gasteiger charge is 2.17. The zero-order valence-electron chi connectivity index (χ0n) is 10.2. The zero-order chi connectivity index (χ0) is 12.6. The lowest BCUT2D eigenvalue weighted by Gasteiger charge is -2.20. The third-order valence-electron chi connectivity index (χ3n) is 2.38. The van der Waals surface area contributed by atoms with Gasteiger partial charge < -0.3 is 4.57 Å². The maximum Gasteiger partial charge on any atom is 0.160 e. The summed E-state index contributed by atoms with van der Waals surface area (Å²) in [5.41, 5.74) is 1.96. The number of aromatic nitrogens is 3. The molecule has 0 bridgehead atoms. The van der Waals surface area contributed by atoms with Crippen LogP contribution in [0, 0.1) is 5.41 Å². The molecule has 0 fully saturated rings. The van der Waals surface area contributed by atoms with Gasteiger partial charge in [0.2, 0.25) is 0 Å². The summed E-state index contributed by atoms with van der Waals surface area (Å²) < 4.78 is 3.04. The van der Waals surface area contributed by atoms with Crippen molar-refractivity contribution < 1.29 is 0 Å². The number of hydrogen-bond acceptors (Lipinski definition) is 2. The Morgan fingerprint density at radius 2 is 2.12 bits per heavy atom. The van der Waals surface area contributed by atoms with Gasteiger partial charge >= 0.3 is 0 Å². The molecule has 5 heteroatoms. The van der Waals surface area contributed by atoms with E-state index in [1.54, 1.807) is 6.20 Å². The molecule has 0 aliphatic heterocycles. The van der Waals surface area contributed by atoms with E-state index in [9.17, 15) is 0 Å². The average molecular weight is 317 g/mol. The second-order valence-corrected chi connectivity index (χ2v) is 6.49. The van der Waals surface area contributed by atoms with Gasteiger partial charge in [0.05, 0.1) is 5.88 Å². The number of pyridine rings is 1. The normalized spacial score (nSPS) is 12.3. The smallest absolute Gasteiger partial charge is 0.160 e. The van der Waals surface area contributed by atoms with Gasteiger partial charge in [-0.25, -0.2) is 9.97 Å². The van der Waals surface area contributed by atoms with Crippen LogP contribution in [0.15, 0.2) is 16.7 Å². The monoisotopic (exact) mass is 315 g/mol. The topological polar surface area (TPSA) is 30.7 Å². The zero-order valence-corrected chi connectivity index (χ0v) is 12.5. The fraction of sp³-hybridized carbons (Fsp3) is 0.500. The molecule has 0 atom stereocenters. The third-order valence-corrected chi connectivity index (χ3v) is 3.06. The minimum absolute atomic E-state index is 0.170. The van der Waals surface area contributed by atoms with Crippen molar-refractivity contribution in [3.8, 4) is 0 Å². The average Bonchev–Trinajstić information content (AvgIpc) is 2.53. The van der Waals surface area contributed by atoms with E-state index < -0.39 is 0 Å². The summed E-state index contributed by atoms with van der Waals surface area (Å²) >= 11 is 9.35. The summed E-state index contributed by atoms with van der Waals surface area (Å²) in [5.74, 6) is 1.28. The van der Waals surface area contributed by atoms with Crippen LogP contribution in [0.5, 0.6) is 0 Å². The van der Waals surface area contributed by atoms with Crippen molar-refractivity contribution in [2.24, 2.45) is 5.41 Å². The standard InChI is InChI=1S/C12H15BrClN3/c1-12(2,3)7-17-10(5-14)16-9-4-8(13)6-15-11(9)17/h4,6H,5,7H2,1-3H3. The van der Waals surface area contributed by atoms with Crippen molar-refractivity contribution in [1.29, 1.82) is 0 Å². The van der Waals surface area contributed by atoms with E-state index >= 15 is 0 Å². The third kappa shape index (κ3) is 2.80. The SMILES string of the molecule is CC(C)(C)Cn1c(CCl)nc2cc(Br)cnc21. The Morgan fingerprint density at radius 3 is 2.71 bits per heavy atom. The van der Waals surface area contributed by atoms with E-state index in [1.165, 1.54) is 0 Å². The Balaban J connectivity index is 2.58. The van der Waals surface area contributed by atoms with Crippen LogP contribution in [0.1, 0.15) is 26.6 Å². The Hall–Kier alpha value is -0.610. The number of nitrogens with zero attached hydrogens (tertiary/aromatic N) is 3. The minimum atomic E-state index is 0.170. The molecule has 2 heterocycles. The van der Waals surface area contributed by atoms with Crippen LogP contribution in [0.25, 0.3) is 11.2 Å². The molecule has 3 nitrogen and oxygen atoms in total. The van der Waals surface area contributed by atoms with Crippen molar-refractivity contribution in [1.82, 2.24) is 14.5 Å². The van der Waals surface area contributed by atoms with Crippen molar-refractivity contribution in [2.75, 3.05) is 0 Å². The van der Waals surface area contributed by atoms with Crippen LogP contribution >= 0.6 is 27.5 Å². The second-order valence-electron chi connectivity index (χ2n) is 5.30. The first-order valence-corrected chi connectivity index (χ1v) is 6.80.